The molecule has 0 radical (unpaired) electrons. The molecule has 0 bridgehead atoms. The van der Waals surface area contributed by atoms with Crippen LogP contribution in [0.2, 0.25) is 5.02 Å². The number of alkyl halides is 3. The van der Waals surface area contributed by atoms with Gasteiger partial charge >= 0.3 is 12.4 Å². The van der Waals surface area contributed by atoms with E-state index in [1.165, 1.54) is 30.1 Å². The number of hydrogen-bond acceptors (Lipinski definition) is 2. The average Bonchev–Trinajstić information content (AvgIpc) is 2.47. The molecule has 0 spiro atoms. The van der Waals surface area contributed by atoms with E-state index in [0.29, 0.717) is 10.7 Å². The topological polar surface area (TPSA) is 41.6 Å². The summed E-state index contributed by atoms with van der Waals surface area (Å²) in [6.07, 6.45) is -4.79. The molecule has 2 amide bonds. The Morgan fingerprint density at radius 2 is 1.92 bits per heavy atom. The first-order valence-electron chi connectivity index (χ1n) is 6.86. The maximum Gasteiger partial charge on any atom is 0.573 e. The number of amides is 2. The van der Waals surface area contributed by atoms with Gasteiger partial charge in [0.2, 0.25) is 0 Å². The molecule has 0 fully saturated rings. The van der Waals surface area contributed by atoms with Gasteiger partial charge in [0.1, 0.15) is 5.75 Å². The number of nitrogens with zero attached hydrogens (tertiary/aromatic N) is 1. The molecule has 0 heterocycles. The molecule has 24 heavy (non-hydrogen) atoms. The number of urea groups is 1. The Labute approximate surface area is 141 Å². The molecule has 1 N–H and O–H groups in total. The van der Waals surface area contributed by atoms with Crippen LogP contribution < -0.4 is 10.1 Å². The van der Waals surface area contributed by atoms with E-state index >= 15 is 0 Å². The average molecular weight is 359 g/mol. The van der Waals surface area contributed by atoms with E-state index in [2.05, 4.69) is 10.1 Å². The van der Waals surface area contributed by atoms with Gasteiger partial charge in [-0.3, -0.25) is 0 Å². The van der Waals surface area contributed by atoms with Crippen LogP contribution in [0, 0.1) is 0 Å². The fourth-order valence-electron chi connectivity index (χ4n) is 1.97. The van der Waals surface area contributed by atoms with Gasteiger partial charge in [-0.15, -0.1) is 13.2 Å². The number of benzene rings is 2. The molecule has 0 saturated heterocycles. The maximum atomic E-state index is 12.4. The third-order valence-corrected chi connectivity index (χ3v) is 3.26. The quantitative estimate of drug-likeness (QED) is 0.844. The molecule has 0 saturated carbocycles. The number of carbonyl (C=O) groups is 1. The van der Waals surface area contributed by atoms with Crippen LogP contribution in [-0.2, 0) is 6.54 Å². The predicted molar refractivity (Wildman–Crippen MR) is 85.1 cm³/mol. The molecule has 128 valence electrons. The Hall–Kier alpha value is -2.41. The molecule has 0 unspecified atom stereocenters. The van der Waals surface area contributed by atoms with Crippen molar-refractivity contribution in [3.8, 4) is 5.75 Å². The Morgan fingerprint density at radius 3 is 2.58 bits per heavy atom. The molecule has 8 heteroatoms. The lowest BCUT2D eigenvalue weighted by molar-refractivity contribution is -0.274. The molecule has 0 atom stereocenters. The van der Waals surface area contributed by atoms with Gasteiger partial charge in [0.15, 0.2) is 0 Å². The summed E-state index contributed by atoms with van der Waals surface area (Å²) in [6.45, 7) is -0.0569. The first-order valence-corrected chi connectivity index (χ1v) is 7.24. The number of halogens is 4. The van der Waals surface area contributed by atoms with Crippen molar-refractivity contribution in [2.75, 3.05) is 12.4 Å². The summed E-state index contributed by atoms with van der Waals surface area (Å²) in [6, 6.07) is 11.7. The lowest BCUT2D eigenvalue weighted by Crippen LogP contribution is -2.31. The summed E-state index contributed by atoms with van der Waals surface area (Å²) in [5, 5.41) is 3.07. The summed E-state index contributed by atoms with van der Waals surface area (Å²) >= 11 is 5.83. The van der Waals surface area contributed by atoms with Crippen molar-refractivity contribution in [3.05, 3.63) is 59.1 Å². The van der Waals surface area contributed by atoms with Crippen molar-refractivity contribution in [1.29, 1.82) is 0 Å². The highest BCUT2D eigenvalue weighted by Gasteiger charge is 2.32. The standard InChI is InChI=1S/C16H14ClF3N2O2/c1-22(15(23)21-13-7-4-6-12(17)9-13)10-11-5-2-3-8-14(11)24-16(18,19)20/h2-9H,10H2,1H3,(H,21,23). The van der Waals surface area contributed by atoms with Crippen LogP contribution in [0.15, 0.2) is 48.5 Å². The van der Waals surface area contributed by atoms with Crippen molar-refractivity contribution in [3.63, 3.8) is 0 Å². The van der Waals surface area contributed by atoms with E-state index in [-0.39, 0.29) is 17.9 Å². The molecule has 0 aliphatic heterocycles. The van der Waals surface area contributed by atoms with E-state index < -0.39 is 12.4 Å². The second-order valence-corrected chi connectivity index (χ2v) is 5.39. The van der Waals surface area contributed by atoms with Crippen molar-refractivity contribution < 1.29 is 22.7 Å². The van der Waals surface area contributed by atoms with Crippen LogP contribution in [-0.4, -0.2) is 24.3 Å². The van der Waals surface area contributed by atoms with E-state index in [4.69, 9.17) is 11.6 Å². The monoisotopic (exact) mass is 358 g/mol. The minimum atomic E-state index is -4.79. The predicted octanol–water partition coefficient (Wildman–Crippen LogP) is 4.90. The minimum absolute atomic E-state index is 0.0569. The normalized spacial score (nSPS) is 11.0. The van der Waals surface area contributed by atoms with Crippen LogP contribution >= 0.6 is 11.6 Å². The Balaban J connectivity index is 2.06. The molecule has 2 rings (SSSR count). The van der Waals surface area contributed by atoms with Gasteiger partial charge in [0.05, 0.1) is 6.54 Å². The van der Waals surface area contributed by atoms with E-state index in [0.717, 1.165) is 0 Å². The highest BCUT2D eigenvalue weighted by Crippen LogP contribution is 2.27. The van der Waals surface area contributed by atoms with E-state index in [9.17, 15) is 18.0 Å². The minimum Gasteiger partial charge on any atom is -0.405 e. The fourth-order valence-corrected chi connectivity index (χ4v) is 2.16. The van der Waals surface area contributed by atoms with Crippen molar-refractivity contribution in [2.45, 2.75) is 12.9 Å². The summed E-state index contributed by atoms with van der Waals surface area (Å²) in [5.74, 6) is -0.340. The molecule has 0 aliphatic rings. The van der Waals surface area contributed by atoms with Crippen LogP contribution in [0.5, 0.6) is 5.75 Å². The van der Waals surface area contributed by atoms with Gasteiger partial charge in [-0.2, -0.15) is 0 Å². The number of carbonyl (C=O) groups excluding carboxylic acids is 1. The highest BCUT2D eigenvalue weighted by molar-refractivity contribution is 6.30. The smallest absolute Gasteiger partial charge is 0.405 e. The van der Waals surface area contributed by atoms with Gasteiger partial charge in [0, 0.05) is 23.3 Å². The zero-order valence-corrected chi connectivity index (χ0v) is 13.4. The first kappa shape index (κ1) is 17.9. The van der Waals surface area contributed by atoms with Gasteiger partial charge in [0.25, 0.3) is 0 Å². The molecular formula is C16H14ClF3N2O2. The van der Waals surface area contributed by atoms with E-state index in [1.54, 1.807) is 30.3 Å². The van der Waals surface area contributed by atoms with Crippen molar-refractivity contribution in [2.24, 2.45) is 0 Å². The van der Waals surface area contributed by atoms with Crippen LogP contribution in [0.4, 0.5) is 23.7 Å². The largest absolute Gasteiger partial charge is 0.573 e. The lowest BCUT2D eigenvalue weighted by Gasteiger charge is -2.20. The number of para-hydroxylation sites is 1. The van der Waals surface area contributed by atoms with Crippen molar-refractivity contribution >= 4 is 23.3 Å². The number of ether oxygens (including phenoxy) is 1. The summed E-state index contributed by atoms with van der Waals surface area (Å²) < 4.78 is 41.2. The highest BCUT2D eigenvalue weighted by atomic mass is 35.5. The zero-order chi connectivity index (χ0) is 17.7. The van der Waals surface area contributed by atoms with Crippen molar-refractivity contribution in [1.82, 2.24) is 4.90 Å². The number of hydrogen-bond donors (Lipinski definition) is 1. The van der Waals surface area contributed by atoms with Gasteiger partial charge in [-0.25, -0.2) is 4.79 Å². The Bertz CT molecular complexity index is 722. The van der Waals surface area contributed by atoms with Crippen LogP contribution in [0.3, 0.4) is 0 Å². The number of nitrogens with one attached hydrogen (secondary N) is 1. The number of anilines is 1. The van der Waals surface area contributed by atoms with E-state index in [1.807, 2.05) is 0 Å². The zero-order valence-electron chi connectivity index (χ0n) is 12.6. The lowest BCUT2D eigenvalue weighted by atomic mass is 10.2. The molecule has 0 aromatic heterocycles. The second-order valence-electron chi connectivity index (χ2n) is 4.95. The molecule has 0 aliphatic carbocycles. The summed E-state index contributed by atoms with van der Waals surface area (Å²) in [4.78, 5) is 13.4. The summed E-state index contributed by atoms with van der Waals surface area (Å²) in [7, 11) is 1.46. The fraction of sp³-hybridized carbons (Fsp3) is 0.188. The SMILES string of the molecule is CN(Cc1ccccc1OC(F)(F)F)C(=O)Nc1cccc(Cl)c1. The molecule has 2 aromatic rings. The van der Waals surface area contributed by atoms with Crippen LogP contribution in [0.25, 0.3) is 0 Å². The Kier molecular flexibility index (Phi) is 5.56. The molecule has 4 nitrogen and oxygen atoms in total. The third kappa shape index (κ3) is 5.34. The third-order valence-electron chi connectivity index (χ3n) is 3.03. The molecular weight excluding hydrogens is 345 g/mol. The molecule has 2 aromatic carbocycles. The van der Waals surface area contributed by atoms with Gasteiger partial charge < -0.3 is 15.0 Å². The van der Waals surface area contributed by atoms with Crippen LogP contribution in [0.1, 0.15) is 5.56 Å². The summed E-state index contributed by atoms with van der Waals surface area (Å²) in [5.41, 5.74) is 0.720. The Morgan fingerprint density at radius 1 is 1.21 bits per heavy atom. The first-order chi connectivity index (χ1) is 11.2. The van der Waals surface area contributed by atoms with Gasteiger partial charge in [-0.05, 0) is 24.3 Å². The second kappa shape index (κ2) is 7.44. The van der Waals surface area contributed by atoms with Gasteiger partial charge in [-0.1, -0.05) is 35.9 Å². The number of rotatable bonds is 4. The maximum absolute atomic E-state index is 12.4.